The maximum atomic E-state index is 14.4. The van der Waals surface area contributed by atoms with Crippen LogP contribution in [-0.2, 0) is 9.59 Å². The lowest BCUT2D eigenvalue weighted by atomic mass is 9.64. The molecule has 1 amide bonds. The molecule has 1 saturated heterocycles. The first-order chi connectivity index (χ1) is 18.3. The van der Waals surface area contributed by atoms with Gasteiger partial charge in [0, 0.05) is 35.2 Å². The van der Waals surface area contributed by atoms with Gasteiger partial charge in [-0.15, -0.1) is 0 Å². The van der Waals surface area contributed by atoms with Gasteiger partial charge in [-0.2, -0.15) is 0 Å². The largest absolute Gasteiger partial charge is 0.497 e. The Morgan fingerprint density at radius 3 is 2.13 bits per heavy atom. The molecule has 0 unspecified atom stereocenters. The van der Waals surface area contributed by atoms with E-state index in [4.69, 9.17) is 4.74 Å². The van der Waals surface area contributed by atoms with E-state index >= 15 is 0 Å². The summed E-state index contributed by atoms with van der Waals surface area (Å²) in [5.74, 6) is -1.04. The minimum Gasteiger partial charge on any atom is -0.497 e. The van der Waals surface area contributed by atoms with Crippen LogP contribution in [0.25, 0.3) is 6.08 Å². The molecule has 1 N–H and O–H groups in total. The summed E-state index contributed by atoms with van der Waals surface area (Å²) in [6, 6.07) is 18.1. The quantitative estimate of drug-likeness (QED) is 0.517. The zero-order chi connectivity index (χ0) is 26.8. The number of nitrogens with one attached hydrogen (secondary N) is 1. The first kappa shape index (κ1) is 23.9. The number of anilines is 2. The molecule has 7 nitrogen and oxygen atoms in total. The predicted octanol–water partition coefficient (Wildman–Crippen LogP) is 4.68. The molecule has 6 rings (SSSR count). The van der Waals surface area contributed by atoms with Crippen molar-refractivity contribution in [2.75, 3.05) is 17.3 Å². The standard InChI is InChI=1S/C31H26N2O5/c1-17(34)28-27(19-11-13-20(38-3)14-12-19)31(29(36)21-7-4-5-8-22(21)30(31)37)26-16-15-23-24(32-18(2)35)9-6-10-25(23)33(26)28/h4-16,26-28H,1-3H3,(H,32,35)/t26-,27-,28-/m0/s1. The average Bonchev–Trinajstić information content (AvgIpc) is 3.35. The van der Waals surface area contributed by atoms with Crippen molar-refractivity contribution in [3.63, 3.8) is 0 Å². The molecule has 1 aliphatic carbocycles. The van der Waals surface area contributed by atoms with Crippen LogP contribution in [0, 0.1) is 5.41 Å². The Morgan fingerprint density at radius 2 is 1.55 bits per heavy atom. The highest BCUT2D eigenvalue weighted by Gasteiger charge is 2.71. The molecule has 0 radical (unpaired) electrons. The lowest BCUT2D eigenvalue weighted by molar-refractivity contribution is -0.118. The van der Waals surface area contributed by atoms with Crippen LogP contribution in [0.3, 0.4) is 0 Å². The summed E-state index contributed by atoms with van der Waals surface area (Å²) >= 11 is 0. The zero-order valence-corrected chi connectivity index (χ0v) is 21.2. The topological polar surface area (TPSA) is 92.8 Å². The Labute approximate surface area is 220 Å². The van der Waals surface area contributed by atoms with Gasteiger partial charge in [0.25, 0.3) is 0 Å². The number of carbonyl (C=O) groups is 4. The smallest absolute Gasteiger partial charge is 0.221 e. The molecule has 0 bridgehead atoms. The minimum atomic E-state index is -1.53. The number of nitrogens with zero attached hydrogens (tertiary/aromatic N) is 1. The maximum absolute atomic E-state index is 14.4. The summed E-state index contributed by atoms with van der Waals surface area (Å²) in [6.07, 6.45) is 3.69. The van der Waals surface area contributed by atoms with E-state index in [0.29, 0.717) is 33.8 Å². The van der Waals surface area contributed by atoms with Gasteiger partial charge in [0.2, 0.25) is 5.91 Å². The van der Waals surface area contributed by atoms with Crippen molar-refractivity contribution in [3.8, 4) is 5.75 Å². The van der Waals surface area contributed by atoms with Gasteiger partial charge in [0.05, 0.1) is 24.9 Å². The molecule has 190 valence electrons. The molecule has 2 heterocycles. The van der Waals surface area contributed by atoms with E-state index in [1.54, 1.807) is 55.6 Å². The molecule has 1 spiro atoms. The monoisotopic (exact) mass is 506 g/mol. The van der Waals surface area contributed by atoms with Gasteiger partial charge in [-0.1, -0.05) is 54.6 Å². The first-order valence-electron chi connectivity index (χ1n) is 12.5. The van der Waals surface area contributed by atoms with Gasteiger partial charge >= 0.3 is 0 Å². The van der Waals surface area contributed by atoms with Crippen molar-refractivity contribution in [1.82, 2.24) is 0 Å². The van der Waals surface area contributed by atoms with Gasteiger partial charge in [-0.25, -0.2) is 0 Å². The average molecular weight is 507 g/mol. The van der Waals surface area contributed by atoms with E-state index in [2.05, 4.69) is 5.32 Å². The second-order valence-electron chi connectivity index (χ2n) is 10.0. The number of amides is 1. The number of hydrogen-bond acceptors (Lipinski definition) is 6. The molecule has 1 fully saturated rings. The normalized spacial score (nSPS) is 22.2. The lowest BCUT2D eigenvalue weighted by Crippen LogP contribution is -2.48. The summed E-state index contributed by atoms with van der Waals surface area (Å²) < 4.78 is 5.35. The molecular weight excluding hydrogens is 480 g/mol. The number of ketones is 3. The minimum absolute atomic E-state index is 0.157. The fourth-order valence-corrected chi connectivity index (χ4v) is 6.64. The van der Waals surface area contributed by atoms with E-state index in [0.717, 1.165) is 5.56 Å². The van der Waals surface area contributed by atoms with Gasteiger partial charge in [-0.3, -0.25) is 19.2 Å². The summed E-state index contributed by atoms with van der Waals surface area (Å²) in [4.78, 5) is 56.2. The highest BCUT2D eigenvalue weighted by molar-refractivity contribution is 6.32. The predicted molar refractivity (Wildman–Crippen MR) is 144 cm³/mol. The number of benzene rings is 3. The van der Waals surface area contributed by atoms with Gasteiger partial charge in [-0.05, 0) is 36.8 Å². The zero-order valence-electron chi connectivity index (χ0n) is 21.2. The third-order valence-corrected chi connectivity index (χ3v) is 8.05. The van der Waals surface area contributed by atoms with Crippen molar-refractivity contribution < 1.29 is 23.9 Å². The Hall–Kier alpha value is -4.52. The molecule has 0 aromatic heterocycles. The Kier molecular flexibility index (Phi) is 5.35. The fourth-order valence-electron chi connectivity index (χ4n) is 6.64. The van der Waals surface area contributed by atoms with Crippen molar-refractivity contribution in [2.45, 2.75) is 31.8 Å². The lowest BCUT2D eigenvalue weighted by Gasteiger charge is -2.37. The fraction of sp³-hybridized carbons (Fsp3) is 0.226. The van der Waals surface area contributed by atoms with E-state index in [1.165, 1.54) is 13.8 Å². The molecule has 3 aliphatic rings. The van der Waals surface area contributed by atoms with Crippen LogP contribution in [-0.4, -0.2) is 42.5 Å². The van der Waals surface area contributed by atoms with Crippen molar-refractivity contribution in [3.05, 3.63) is 95.1 Å². The van der Waals surface area contributed by atoms with Crippen LogP contribution in [0.15, 0.2) is 72.8 Å². The highest BCUT2D eigenvalue weighted by atomic mass is 16.5. The number of hydrogen-bond donors (Lipinski definition) is 1. The third kappa shape index (κ3) is 3.08. The van der Waals surface area contributed by atoms with Crippen molar-refractivity contribution >= 4 is 40.7 Å². The van der Waals surface area contributed by atoms with E-state index < -0.39 is 23.4 Å². The summed E-state index contributed by atoms with van der Waals surface area (Å²) in [5.41, 5.74) is 1.95. The van der Waals surface area contributed by atoms with Crippen molar-refractivity contribution in [1.29, 1.82) is 0 Å². The number of fused-ring (bicyclic) bond motifs is 5. The highest BCUT2D eigenvalue weighted by Crippen LogP contribution is 2.61. The maximum Gasteiger partial charge on any atom is 0.221 e. The Morgan fingerprint density at radius 1 is 0.895 bits per heavy atom. The number of ether oxygens (including phenoxy) is 1. The molecule has 7 heteroatoms. The first-order valence-corrected chi connectivity index (χ1v) is 12.5. The molecular formula is C31H26N2O5. The number of methoxy groups -OCH3 is 1. The number of rotatable bonds is 4. The molecule has 3 aromatic carbocycles. The molecule has 3 atom stereocenters. The number of carbonyl (C=O) groups excluding carboxylic acids is 4. The van der Waals surface area contributed by atoms with Crippen molar-refractivity contribution in [2.24, 2.45) is 5.41 Å². The number of Topliss-reactive ketones (excluding diaryl/α,β-unsaturated/α-hetero) is 3. The molecule has 3 aromatic rings. The third-order valence-electron chi connectivity index (χ3n) is 8.05. The van der Waals surface area contributed by atoms with E-state index in [1.807, 2.05) is 35.3 Å². The van der Waals surface area contributed by atoms with Gasteiger partial charge in [0.15, 0.2) is 17.3 Å². The Balaban J connectivity index is 1.64. The summed E-state index contributed by atoms with van der Waals surface area (Å²) in [5, 5.41) is 2.86. The van der Waals surface area contributed by atoms with Crippen LogP contribution in [0.4, 0.5) is 11.4 Å². The van der Waals surface area contributed by atoms with E-state index in [-0.39, 0.29) is 23.3 Å². The van der Waals surface area contributed by atoms with Crippen LogP contribution in [0.5, 0.6) is 5.75 Å². The Bertz CT molecular complexity index is 1520. The SMILES string of the molecule is COc1ccc([C@H]2[C@H](C(C)=O)N3c4cccc(NC(C)=O)c4C=C[C@H]3C23C(=O)c2ccccc2C3=O)cc1. The van der Waals surface area contributed by atoms with Crippen LogP contribution >= 0.6 is 0 Å². The van der Waals surface area contributed by atoms with Crippen LogP contribution < -0.4 is 15.0 Å². The molecule has 2 aliphatic heterocycles. The molecule has 38 heavy (non-hydrogen) atoms. The van der Waals surface area contributed by atoms with Crippen LogP contribution in [0.2, 0.25) is 0 Å². The van der Waals surface area contributed by atoms with Gasteiger partial charge in [0.1, 0.15) is 11.2 Å². The van der Waals surface area contributed by atoms with Gasteiger partial charge < -0.3 is 15.0 Å². The second kappa shape index (κ2) is 8.52. The second-order valence-corrected chi connectivity index (χ2v) is 10.0. The summed E-state index contributed by atoms with van der Waals surface area (Å²) in [6.45, 7) is 2.94. The van der Waals surface area contributed by atoms with Crippen LogP contribution in [0.1, 0.15) is 51.6 Å². The van der Waals surface area contributed by atoms with E-state index in [9.17, 15) is 19.2 Å². The summed E-state index contributed by atoms with van der Waals surface area (Å²) in [7, 11) is 1.57. The molecule has 0 saturated carbocycles.